The fraction of sp³-hybridized carbons (Fsp3) is 0.263. The first-order valence-electron chi connectivity index (χ1n) is 8.11. The fourth-order valence-corrected chi connectivity index (χ4v) is 3.26. The second-order valence-corrected chi connectivity index (χ2v) is 5.99. The first-order valence-corrected chi connectivity index (χ1v) is 8.11. The van der Waals surface area contributed by atoms with Crippen molar-refractivity contribution in [2.45, 2.75) is 6.42 Å². The molecule has 1 aliphatic heterocycles. The molecule has 2 aromatic heterocycles. The van der Waals surface area contributed by atoms with E-state index in [9.17, 15) is 0 Å². The van der Waals surface area contributed by atoms with Gasteiger partial charge in [-0.2, -0.15) is 0 Å². The topological polar surface area (TPSA) is 43.2 Å². The van der Waals surface area contributed by atoms with Gasteiger partial charge in [-0.3, -0.25) is 4.98 Å². The maximum Gasteiger partial charge on any atom is 0.206 e. The van der Waals surface area contributed by atoms with E-state index in [1.54, 1.807) is 7.11 Å². The molecule has 1 aromatic carbocycles. The SMILES string of the molecule is COc1cccc(C2=CCN(c3nc4cnccc4n3C)CC2)c1. The van der Waals surface area contributed by atoms with E-state index in [2.05, 4.69) is 39.7 Å². The normalized spacial score (nSPS) is 14.8. The Hall–Kier alpha value is -2.82. The molecule has 122 valence electrons. The highest BCUT2D eigenvalue weighted by molar-refractivity contribution is 5.78. The van der Waals surface area contributed by atoms with Crippen molar-refractivity contribution in [3.05, 3.63) is 54.4 Å². The summed E-state index contributed by atoms with van der Waals surface area (Å²) in [4.78, 5) is 11.2. The van der Waals surface area contributed by atoms with Crippen LogP contribution >= 0.6 is 0 Å². The van der Waals surface area contributed by atoms with Gasteiger partial charge in [0.1, 0.15) is 11.3 Å². The van der Waals surface area contributed by atoms with Crippen molar-refractivity contribution in [3.63, 3.8) is 0 Å². The minimum Gasteiger partial charge on any atom is -0.497 e. The minimum absolute atomic E-state index is 0.858. The van der Waals surface area contributed by atoms with Gasteiger partial charge in [0, 0.05) is 26.3 Å². The van der Waals surface area contributed by atoms with Crippen LogP contribution in [0.5, 0.6) is 5.75 Å². The van der Waals surface area contributed by atoms with Crippen LogP contribution in [0.1, 0.15) is 12.0 Å². The Morgan fingerprint density at radius 1 is 1.21 bits per heavy atom. The van der Waals surface area contributed by atoms with Crippen LogP contribution in [-0.2, 0) is 7.05 Å². The van der Waals surface area contributed by atoms with Crippen LogP contribution in [0.3, 0.4) is 0 Å². The smallest absolute Gasteiger partial charge is 0.206 e. The van der Waals surface area contributed by atoms with Crippen molar-refractivity contribution in [1.82, 2.24) is 14.5 Å². The number of methoxy groups -OCH3 is 1. The summed E-state index contributed by atoms with van der Waals surface area (Å²) in [5.74, 6) is 1.90. The summed E-state index contributed by atoms with van der Waals surface area (Å²) in [5, 5.41) is 0. The van der Waals surface area contributed by atoms with Gasteiger partial charge >= 0.3 is 0 Å². The maximum absolute atomic E-state index is 5.33. The molecule has 4 rings (SSSR count). The lowest BCUT2D eigenvalue weighted by Gasteiger charge is -2.27. The van der Waals surface area contributed by atoms with E-state index in [0.717, 1.165) is 42.2 Å². The first kappa shape index (κ1) is 14.8. The lowest BCUT2D eigenvalue weighted by Crippen LogP contribution is -2.30. The molecule has 0 atom stereocenters. The van der Waals surface area contributed by atoms with Crippen LogP contribution < -0.4 is 9.64 Å². The molecule has 0 saturated heterocycles. The largest absolute Gasteiger partial charge is 0.497 e. The molecule has 3 heterocycles. The van der Waals surface area contributed by atoms with Crippen LogP contribution in [-0.4, -0.2) is 34.7 Å². The standard InChI is InChI=1S/C19H20N4O/c1-22-18-6-9-20-13-17(18)21-19(22)23-10-7-14(8-11-23)15-4-3-5-16(12-15)24-2/h3-7,9,12-13H,8,10-11H2,1-2H3. The molecule has 5 nitrogen and oxygen atoms in total. The molecular formula is C19H20N4O. The monoisotopic (exact) mass is 320 g/mol. The number of anilines is 1. The lowest BCUT2D eigenvalue weighted by molar-refractivity contribution is 0.414. The number of aryl methyl sites for hydroxylation is 1. The predicted molar refractivity (Wildman–Crippen MR) is 96.3 cm³/mol. The van der Waals surface area contributed by atoms with Gasteiger partial charge in [-0.15, -0.1) is 0 Å². The Bertz CT molecular complexity index is 913. The lowest BCUT2D eigenvalue weighted by atomic mass is 9.99. The van der Waals surface area contributed by atoms with E-state index in [0.29, 0.717) is 0 Å². The molecule has 5 heteroatoms. The van der Waals surface area contributed by atoms with Crippen molar-refractivity contribution in [3.8, 4) is 5.75 Å². The first-order chi connectivity index (χ1) is 11.8. The number of nitrogens with zero attached hydrogens (tertiary/aromatic N) is 4. The predicted octanol–water partition coefficient (Wildman–Crippen LogP) is 3.27. The molecule has 0 fully saturated rings. The van der Waals surface area contributed by atoms with E-state index in [-0.39, 0.29) is 0 Å². The van der Waals surface area contributed by atoms with E-state index in [1.807, 2.05) is 30.6 Å². The molecule has 0 saturated carbocycles. The summed E-state index contributed by atoms with van der Waals surface area (Å²) in [6, 6.07) is 10.3. The van der Waals surface area contributed by atoms with Crippen LogP contribution in [0.2, 0.25) is 0 Å². The maximum atomic E-state index is 5.33. The number of imidazole rings is 1. The van der Waals surface area contributed by atoms with Crippen molar-refractivity contribution in [1.29, 1.82) is 0 Å². The quantitative estimate of drug-likeness (QED) is 0.743. The Morgan fingerprint density at radius 2 is 2.12 bits per heavy atom. The number of fused-ring (bicyclic) bond motifs is 1. The van der Waals surface area contributed by atoms with Gasteiger partial charge in [0.2, 0.25) is 5.95 Å². The zero-order chi connectivity index (χ0) is 16.5. The Kier molecular flexibility index (Phi) is 3.69. The summed E-state index contributed by atoms with van der Waals surface area (Å²) in [7, 11) is 3.77. The summed E-state index contributed by atoms with van der Waals surface area (Å²) >= 11 is 0. The summed E-state index contributed by atoms with van der Waals surface area (Å²) < 4.78 is 7.47. The zero-order valence-corrected chi connectivity index (χ0v) is 13.9. The number of hydrogen-bond donors (Lipinski definition) is 0. The Balaban J connectivity index is 1.60. The summed E-state index contributed by atoms with van der Waals surface area (Å²) in [5.41, 5.74) is 4.66. The van der Waals surface area contributed by atoms with Gasteiger partial charge in [-0.25, -0.2) is 4.98 Å². The van der Waals surface area contributed by atoms with E-state index in [4.69, 9.17) is 9.72 Å². The second-order valence-electron chi connectivity index (χ2n) is 5.99. The third kappa shape index (κ3) is 2.52. The molecule has 3 aromatic rings. The van der Waals surface area contributed by atoms with E-state index >= 15 is 0 Å². The average molecular weight is 320 g/mol. The van der Waals surface area contributed by atoms with Gasteiger partial charge in [-0.05, 0) is 35.8 Å². The third-order valence-corrected chi connectivity index (χ3v) is 4.59. The molecule has 0 spiro atoms. The molecular weight excluding hydrogens is 300 g/mol. The summed E-state index contributed by atoms with van der Waals surface area (Å²) in [6.45, 7) is 1.81. The van der Waals surface area contributed by atoms with Crippen molar-refractivity contribution in [2.24, 2.45) is 7.05 Å². The number of ether oxygens (including phenoxy) is 1. The third-order valence-electron chi connectivity index (χ3n) is 4.59. The molecule has 24 heavy (non-hydrogen) atoms. The molecule has 0 aliphatic carbocycles. The van der Waals surface area contributed by atoms with Crippen LogP contribution in [0.25, 0.3) is 16.6 Å². The van der Waals surface area contributed by atoms with Crippen LogP contribution in [0, 0.1) is 0 Å². The van der Waals surface area contributed by atoms with Gasteiger partial charge in [0.05, 0.1) is 18.8 Å². The van der Waals surface area contributed by atoms with Gasteiger partial charge in [-0.1, -0.05) is 18.2 Å². The van der Waals surface area contributed by atoms with Gasteiger partial charge in [0.15, 0.2) is 0 Å². The number of benzene rings is 1. The Labute approximate surface area is 141 Å². The van der Waals surface area contributed by atoms with Crippen molar-refractivity contribution in [2.75, 3.05) is 25.1 Å². The Morgan fingerprint density at radius 3 is 2.88 bits per heavy atom. The highest BCUT2D eigenvalue weighted by Gasteiger charge is 2.18. The molecule has 0 bridgehead atoms. The average Bonchev–Trinajstić information content (AvgIpc) is 2.99. The van der Waals surface area contributed by atoms with Gasteiger partial charge < -0.3 is 14.2 Å². The van der Waals surface area contributed by atoms with Crippen LogP contribution in [0.15, 0.2) is 48.8 Å². The van der Waals surface area contributed by atoms with Gasteiger partial charge in [0.25, 0.3) is 0 Å². The van der Waals surface area contributed by atoms with Crippen molar-refractivity contribution >= 4 is 22.6 Å². The molecule has 0 radical (unpaired) electrons. The second kappa shape index (κ2) is 6.00. The number of hydrogen-bond acceptors (Lipinski definition) is 4. The fourth-order valence-electron chi connectivity index (χ4n) is 3.26. The van der Waals surface area contributed by atoms with E-state index < -0.39 is 0 Å². The van der Waals surface area contributed by atoms with E-state index in [1.165, 1.54) is 11.1 Å². The minimum atomic E-state index is 0.858. The summed E-state index contributed by atoms with van der Waals surface area (Å²) in [6.07, 6.45) is 6.91. The van der Waals surface area contributed by atoms with Crippen LogP contribution in [0.4, 0.5) is 5.95 Å². The molecule has 1 aliphatic rings. The number of rotatable bonds is 3. The molecule has 0 unspecified atom stereocenters. The van der Waals surface area contributed by atoms with Crippen molar-refractivity contribution < 1.29 is 4.74 Å². The molecule has 0 N–H and O–H groups in total. The molecule has 0 amide bonds. The zero-order valence-electron chi connectivity index (χ0n) is 13.9. The highest BCUT2D eigenvalue weighted by atomic mass is 16.5. The number of pyridine rings is 1. The number of aromatic nitrogens is 3. The highest BCUT2D eigenvalue weighted by Crippen LogP contribution is 2.28.